The van der Waals surface area contributed by atoms with Crippen molar-refractivity contribution in [3.8, 4) is 5.75 Å². The van der Waals surface area contributed by atoms with Crippen molar-refractivity contribution in [2.75, 3.05) is 7.11 Å². The van der Waals surface area contributed by atoms with E-state index in [0.717, 1.165) is 5.56 Å². The van der Waals surface area contributed by atoms with Crippen LogP contribution in [0.25, 0.3) is 0 Å². The van der Waals surface area contributed by atoms with Crippen LogP contribution in [0.5, 0.6) is 5.75 Å². The molecule has 29 heavy (non-hydrogen) atoms. The zero-order chi connectivity index (χ0) is 20.7. The lowest BCUT2D eigenvalue weighted by atomic mass is 10.1. The fourth-order valence-corrected chi connectivity index (χ4v) is 3.87. The highest BCUT2D eigenvalue weighted by Crippen LogP contribution is 2.22. The van der Waals surface area contributed by atoms with E-state index in [1.54, 1.807) is 42.7 Å². The summed E-state index contributed by atoms with van der Waals surface area (Å²) < 4.78 is 38.5. The topological polar surface area (TPSA) is 111 Å². The minimum absolute atomic E-state index is 0.0608. The molecular weight excluding hydrogens is 394 g/mol. The number of sulfonamides is 1. The standard InChI is InChI=1S/C20H21N3O5S/c1-27-16-6-8-17(9-7-16)29(25,26)23-18(19-5-3-11-28-19)12-20(24)22-14-15-4-2-10-21-13-15/h2-11,13,18,23H,12,14H2,1H3,(H,22,24)/t18-/m0/s1. The number of amides is 1. The molecule has 0 unspecified atom stereocenters. The third-order valence-electron chi connectivity index (χ3n) is 4.16. The van der Waals surface area contributed by atoms with Crippen molar-refractivity contribution in [1.29, 1.82) is 0 Å². The van der Waals surface area contributed by atoms with Crippen molar-refractivity contribution in [1.82, 2.24) is 15.0 Å². The van der Waals surface area contributed by atoms with Gasteiger partial charge in [-0.05, 0) is 48.0 Å². The number of hydrogen-bond acceptors (Lipinski definition) is 6. The van der Waals surface area contributed by atoms with Crippen LogP contribution in [0.3, 0.4) is 0 Å². The van der Waals surface area contributed by atoms with Crippen LogP contribution in [-0.4, -0.2) is 26.4 Å². The van der Waals surface area contributed by atoms with Gasteiger partial charge in [-0.1, -0.05) is 6.07 Å². The monoisotopic (exact) mass is 415 g/mol. The van der Waals surface area contributed by atoms with Crippen LogP contribution in [0.1, 0.15) is 23.8 Å². The molecule has 152 valence electrons. The molecule has 2 N–H and O–H groups in total. The van der Waals surface area contributed by atoms with Crippen molar-refractivity contribution in [3.63, 3.8) is 0 Å². The van der Waals surface area contributed by atoms with Crippen molar-refractivity contribution < 1.29 is 22.4 Å². The van der Waals surface area contributed by atoms with Gasteiger partial charge in [-0.25, -0.2) is 8.42 Å². The maximum Gasteiger partial charge on any atom is 0.241 e. The summed E-state index contributed by atoms with van der Waals surface area (Å²) in [7, 11) is -2.38. The molecule has 3 aromatic rings. The zero-order valence-electron chi connectivity index (χ0n) is 15.7. The maximum atomic E-state index is 12.8. The van der Waals surface area contributed by atoms with E-state index in [4.69, 9.17) is 9.15 Å². The Morgan fingerprint density at radius 1 is 1.17 bits per heavy atom. The molecule has 0 saturated heterocycles. The number of nitrogens with one attached hydrogen (secondary N) is 2. The maximum absolute atomic E-state index is 12.8. The molecule has 0 aliphatic heterocycles. The molecule has 8 nitrogen and oxygen atoms in total. The Morgan fingerprint density at radius 2 is 1.97 bits per heavy atom. The third kappa shape index (κ3) is 5.66. The molecule has 2 heterocycles. The van der Waals surface area contributed by atoms with Gasteiger partial charge in [0.2, 0.25) is 15.9 Å². The molecule has 9 heteroatoms. The van der Waals surface area contributed by atoms with Gasteiger partial charge in [0, 0.05) is 18.9 Å². The predicted octanol–water partition coefficient (Wildman–Crippen LogP) is 2.41. The normalized spacial score (nSPS) is 12.3. The van der Waals surface area contributed by atoms with Gasteiger partial charge in [0.05, 0.1) is 30.7 Å². The highest BCUT2D eigenvalue weighted by Gasteiger charge is 2.25. The summed E-state index contributed by atoms with van der Waals surface area (Å²) in [5.74, 6) is 0.563. The third-order valence-corrected chi connectivity index (χ3v) is 5.64. The molecule has 3 rings (SSSR count). The highest BCUT2D eigenvalue weighted by molar-refractivity contribution is 7.89. The van der Waals surface area contributed by atoms with Gasteiger partial charge >= 0.3 is 0 Å². The Kier molecular flexibility index (Phi) is 6.63. The second-order valence-corrected chi connectivity index (χ2v) is 7.92. The van der Waals surface area contributed by atoms with E-state index in [2.05, 4.69) is 15.0 Å². The quantitative estimate of drug-likeness (QED) is 0.555. The molecule has 2 aromatic heterocycles. The Morgan fingerprint density at radius 3 is 2.59 bits per heavy atom. The van der Waals surface area contributed by atoms with Gasteiger partial charge in [0.15, 0.2) is 0 Å². The van der Waals surface area contributed by atoms with E-state index >= 15 is 0 Å². The molecule has 1 atom stereocenters. The van der Waals surface area contributed by atoms with Gasteiger partial charge in [-0.2, -0.15) is 4.72 Å². The Bertz CT molecular complexity index is 1020. The molecule has 0 aliphatic carbocycles. The fraction of sp³-hybridized carbons (Fsp3) is 0.200. The molecule has 0 radical (unpaired) electrons. The van der Waals surface area contributed by atoms with E-state index in [0.29, 0.717) is 18.1 Å². The second kappa shape index (κ2) is 9.35. The first-order valence-corrected chi connectivity index (χ1v) is 10.3. The van der Waals surface area contributed by atoms with Crippen molar-refractivity contribution in [3.05, 3.63) is 78.5 Å². The van der Waals surface area contributed by atoms with Gasteiger partial charge in [-0.3, -0.25) is 9.78 Å². The zero-order valence-corrected chi connectivity index (χ0v) is 16.6. The smallest absolute Gasteiger partial charge is 0.241 e. The van der Waals surface area contributed by atoms with Gasteiger partial charge < -0.3 is 14.5 Å². The molecule has 1 aromatic carbocycles. The second-order valence-electron chi connectivity index (χ2n) is 6.21. The van der Waals surface area contributed by atoms with E-state index < -0.39 is 16.1 Å². The van der Waals surface area contributed by atoms with Gasteiger partial charge in [0.25, 0.3) is 0 Å². The minimum Gasteiger partial charge on any atom is -0.497 e. The Labute approximate surface area is 169 Å². The highest BCUT2D eigenvalue weighted by atomic mass is 32.2. The predicted molar refractivity (Wildman–Crippen MR) is 105 cm³/mol. The number of aromatic nitrogens is 1. The van der Waals surface area contributed by atoms with E-state index in [-0.39, 0.29) is 17.2 Å². The van der Waals surface area contributed by atoms with Crippen LogP contribution in [0.2, 0.25) is 0 Å². The van der Waals surface area contributed by atoms with Crippen LogP contribution in [0.15, 0.2) is 76.5 Å². The van der Waals surface area contributed by atoms with E-state index in [1.807, 2.05) is 6.07 Å². The number of nitrogens with zero attached hydrogens (tertiary/aromatic N) is 1. The number of carbonyl (C=O) groups excluding carboxylic acids is 1. The summed E-state index contributed by atoms with van der Waals surface area (Å²) in [6.07, 6.45) is 4.60. The number of benzene rings is 1. The minimum atomic E-state index is -3.88. The van der Waals surface area contributed by atoms with E-state index in [9.17, 15) is 13.2 Å². The van der Waals surface area contributed by atoms with E-state index in [1.165, 1.54) is 25.5 Å². The number of rotatable bonds is 9. The van der Waals surface area contributed by atoms with Gasteiger partial charge in [-0.15, -0.1) is 0 Å². The van der Waals surface area contributed by atoms with Crippen molar-refractivity contribution >= 4 is 15.9 Å². The summed E-state index contributed by atoms with van der Waals surface area (Å²) in [5.41, 5.74) is 0.842. The number of hydrogen-bond donors (Lipinski definition) is 2. The molecule has 0 spiro atoms. The molecule has 0 saturated carbocycles. The number of methoxy groups -OCH3 is 1. The Hall–Kier alpha value is -3.17. The van der Waals surface area contributed by atoms with Gasteiger partial charge in [0.1, 0.15) is 11.5 Å². The largest absolute Gasteiger partial charge is 0.497 e. The Balaban J connectivity index is 1.71. The number of pyridine rings is 1. The summed E-state index contributed by atoms with van der Waals surface area (Å²) in [5, 5.41) is 2.76. The van der Waals surface area contributed by atoms with Crippen LogP contribution in [-0.2, 0) is 21.4 Å². The average Bonchev–Trinajstić information content (AvgIpc) is 3.27. The van der Waals surface area contributed by atoms with Crippen LogP contribution in [0.4, 0.5) is 0 Å². The first-order valence-electron chi connectivity index (χ1n) is 8.83. The molecule has 0 aliphatic rings. The summed E-state index contributed by atoms with van der Waals surface area (Å²) in [6.45, 7) is 0.294. The van der Waals surface area contributed by atoms with Crippen LogP contribution < -0.4 is 14.8 Å². The number of ether oxygens (including phenoxy) is 1. The number of furan rings is 1. The summed E-state index contributed by atoms with van der Waals surface area (Å²) >= 11 is 0. The summed E-state index contributed by atoms with van der Waals surface area (Å²) in [6, 6.07) is 12.0. The molecular formula is C20H21N3O5S. The fourth-order valence-electron chi connectivity index (χ4n) is 2.66. The molecule has 1 amide bonds. The number of carbonyl (C=O) groups is 1. The first kappa shape index (κ1) is 20.6. The lowest BCUT2D eigenvalue weighted by Gasteiger charge is -2.17. The van der Waals surface area contributed by atoms with Crippen LogP contribution in [0, 0.1) is 0 Å². The van der Waals surface area contributed by atoms with Crippen molar-refractivity contribution in [2.24, 2.45) is 0 Å². The molecule has 0 bridgehead atoms. The first-order chi connectivity index (χ1) is 14.0. The molecule has 0 fully saturated rings. The SMILES string of the molecule is COc1ccc(S(=O)(=O)N[C@@H](CC(=O)NCc2cccnc2)c2ccco2)cc1. The van der Waals surface area contributed by atoms with Crippen LogP contribution >= 0.6 is 0 Å². The average molecular weight is 415 g/mol. The summed E-state index contributed by atoms with van der Waals surface area (Å²) in [4.78, 5) is 16.5. The lowest BCUT2D eigenvalue weighted by Crippen LogP contribution is -2.33. The lowest BCUT2D eigenvalue weighted by molar-refractivity contribution is -0.121. The van der Waals surface area contributed by atoms with Crippen molar-refractivity contribution in [2.45, 2.75) is 23.9 Å².